The first-order chi connectivity index (χ1) is 12.2. The van der Waals surface area contributed by atoms with Gasteiger partial charge in [0.05, 0.1) is 6.54 Å². The van der Waals surface area contributed by atoms with Gasteiger partial charge in [0.15, 0.2) is 6.61 Å². The fraction of sp³-hybridized carbons (Fsp3) is 0.333. The quantitative estimate of drug-likeness (QED) is 0.865. The number of hydrogen-bond donors (Lipinski definition) is 1. The van der Waals surface area contributed by atoms with E-state index < -0.39 is 0 Å². The second-order valence-corrected chi connectivity index (χ2v) is 6.73. The smallest absolute Gasteiger partial charge is 0.260 e. The van der Waals surface area contributed by atoms with Crippen LogP contribution in [0.15, 0.2) is 36.4 Å². The van der Waals surface area contributed by atoms with E-state index in [1.165, 1.54) is 4.90 Å². The number of amides is 2. The van der Waals surface area contributed by atoms with Gasteiger partial charge in [0.1, 0.15) is 5.75 Å². The van der Waals surface area contributed by atoms with Gasteiger partial charge in [-0.15, -0.1) is 0 Å². The van der Waals surface area contributed by atoms with Gasteiger partial charge in [0, 0.05) is 12.7 Å². The normalized spacial score (nSPS) is 10.3. The molecule has 0 aromatic heterocycles. The lowest BCUT2D eigenvalue weighted by molar-refractivity contribution is -0.135. The number of carbonyl (C=O) groups excluding carboxylic acids is 2. The van der Waals surface area contributed by atoms with Crippen LogP contribution >= 0.6 is 0 Å². The number of rotatable bonds is 6. The summed E-state index contributed by atoms with van der Waals surface area (Å²) in [5.74, 6) is 0.172. The van der Waals surface area contributed by atoms with Crippen LogP contribution in [-0.2, 0) is 9.59 Å². The highest BCUT2D eigenvalue weighted by atomic mass is 16.5. The zero-order valence-electron chi connectivity index (χ0n) is 16.1. The lowest BCUT2D eigenvalue weighted by Crippen LogP contribution is -2.37. The van der Waals surface area contributed by atoms with Gasteiger partial charge in [-0.2, -0.15) is 0 Å². The highest BCUT2D eigenvalue weighted by Gasteiger charge is 2.14. The van der Waals surface area contributed by atoms with Crippen LogP contribution in [0.3, 0.4) is 0 Å². The lowest BCUT2D eigenvalue weighted by atomic mass is 10.1. The molecule has 2 rings (SSSR count). The number of nitrogens with one attached hydrogen (secondary N) is 1. The summed E-state index contributed by atoms with van der Waals surface area (Å²) in [5.41, 5.74) is 4.97. The van der Waals surface area contributed by atoms with Crippen LogP contribution in [0, 0.1) is 27.7 Å². The van der Waals surface area contributed by atoms with Crippen LogP contribution in [0.1, 0.15) is 22.3 Å². The molecule has 1 N–H and O–H groups in total. The second kappa shape index (κ2) is 8.52. The molecule has 0 saturated heterocycles. The van der Waals surface area contributed by atoms with E-state index in [0.29, 0.717) is 5.75 Å². The van der Waals surface area contributed by atoms with Crippen molar-refractivity contribution >= 4 is 17.5 Å². The number of likely N-dealkylation sites (N-methyl/N-ethyl adjacent to an activating group) is 1. The molecule has 0 spiro atoms. The van der Waals surface area contributed by atoms with Crippen molar-refractivity contribution < 1.29 is 14.3 Å². The van der Waals surface area contributed by atoms with Crippen LogP contribution in [0.2, 0.25) is 0 Å². The summed E-state index contributed by atoms with van der Waals surface area (Å²) in [6.07, 6.45) is 0. The molecule has 0 aliphatic heterocycles. The van der Waals surface area contributed by atoms with Crippen molar-refractivity contribution in [1.29, 1.82) is 0 Å². The van der Waals surface area contributed by atoms with Crippen LogP contribution in [0.4, 0.5) is 5.69 Å². The van der Waals surface area contributed by atoms with Crippen molar-refractivity contribution in [3.05, 3.63) is 58.7 Å². The molecule has 5 nitrogen and oxygen atoms in total. The molecule has 0 saturated carbocycles. The van der Waals surface area contributed by atoms with E-state index in [0.717, 1.165) is 27.9 Å². The summed E-state index contributed by atoms with van der Waals surface area (Å²) in [4.78, 5) is 25.8. The molecule has 138 valence electrons. The summed E-state index contributed by atoms with van der Waals surface area (Å²) < 4.78 is 5.56. The number of carbonyl (C=O) groups is 2. The van der Waals surface area contributed by atoms with E-state index in [-0.39, 0.29) is 25.0 Å². The Bertz CT molecular complexity index is 795. The highest BCUT2D eigenvalue weighted by Crippen LogP contribution is 2.17. The number of aryl methyl sites for hydroxylation is 4. The number of hydrogen-bond acceptors (Lipinski definition) is 3. The molecule has 0 fully saturated rings. The zero-order chi connectivity index (χ0) is 19.3. The Morgan fingerprint density at radius 1 is 0.962 bits per heavy atom. The molecule has 0 bridgehead atoms. The maximum Gasteiger partial charge on any atom is 0.260 e. The topological polar surface area (TPSA) is 58.6 Å². The largest absolute Gasteiger partial charge is 0.484 e. The summed E-state index contributed by atoms with van der Waals surface area (Å²) >= 11 is 0. The molecule has 5 heteroatoms. The van der Waals surface area contributed by atoms with Crippen molar-refractivity contribution in [2.45, 2.75) is 27.7 Å². The molecule has 0 aliphatic carbocycles. The number of anilines is 1. The minimum atomic E-state index is -0.250. The third-order valence-electron chi connectivity index (χ3n) is 4.03. The van der Waals surface area contributed by atoms with Gasteiger partial charge < -0.3 is 15.0 Å². The SMILES string of the molecule is Cc1cc(C)cc(OCC(=O)N(C)CC(=O)Nc2cc(C)ccc2C)c1. The Morgan fingerprint density at radius 3 is 2.27 bits per heavy atom. The zero-order valence-corrected chi connectivity index (χ0v) is 16.1. The molecule has 0 atom stereocenters. The lowest BCUT2D eigenvalue weighted by Gasteiger charge is -2.18. The van der Waals surface area contributed by atoms with Crippen LogP contribution in [-0.4, -0.2) is 36.9 Å². The van der Waals surface area contributed by atoms with Gasteiger partial charge in [-0.25, -0.2) is 0 Å². The minimum Gasteiger partial charge on any atom is -0.484 e. The van der Waals surface area contributed by atoms with Crippen molar-refractivity contribution in [2.75, 3.05) is 25.5 Å². The minimum absolute atomic E-state index is 0.0254. The van der Waals surface area contributed by atoms with Crippen LogP contribution in [0.25, 0.3) is 0 Å². The second-order valence-electron chi connectivity index (χ2n) is 6.73. The van der Waals surface area contributed by atoms with E-state index in [4.69, 9.17) is 4.74 Å². The Labute approximate surface area is 155 Å². The van der Waals surface area contributed by atoms with E-state index in [1.54, 1.807) is 7.05 Å². The molecule has 2 amide bonds. The average Bonchev–Trinajstić information content (AvgIpc) is 2.55. The van der Waals surface area contributed by atoms with Crippen molar-refractivity contribution in [3.63, 3.8) is 0 Å². The molecule has 0 unspecified atom stereocenters. The van der Waals surface area contributed by atoms with E-state index in [2.05, 4.69) is 5.32 Å². The monoisotopic (exact) mass is 354 g/mol. The molecule has 26 heavy (non-hydrogen) atoms. The number of nitrogens with zero attached hydrogens (tertiary/aromatic N) is 1. The van der Waals surface area contributed by atoms with E-state index >= 15 is 0 Å². The maximum atomic E-state index is 12.2. The first-order valence-corrected chi connectivity index (χ1v) is 8.57. The van der Waals surface area contributed by atoms with Crippen LogP contribution in [0.5, 0.6) is 5.75 Å². The Hall–Kier alpha value is -2.82. The summed E-state index contributed by atoms with van der Waals surface area (Å²) in [6.45, 7) is 7.73. The van der Waals surface area contributed by atoms with Crippen molar-refractivity contribution in [2.24, 2.45) is 0 Å². The predicted molar refractivity (Wildman–Crippen MR) is 104 cm³/mol. The first kappa shape index (κ1) is 19.5. The fourth-order valence-corrected chi connectivity index (χ4v) is 2.64. The Morgan fingerprint density at radius 2 is 1.62 bits per heavy atom. The van der Waals surface area contributed by atoms with Crippen molar-refractivity contribution in [1.82, 2.24) is 4.90 Å². The molecule has 0 heterocycles. The standard InChI is InChI=1S/C21H26N2O3/c1-14-6-7-17(4)19(11-14)22-20(24)12-23(5)21(25)13-26-18-9-15(2)8-16(3)10-18/h6-11H,12-13H2,1-5H3,(H,22,24). The fourth-order valence-electron chi connectivity index (χ4n) is 2.64. The van der Waals surface area contributed by atoms with Crippen molar-refractivity contribution in [3.8, 4) is 5.75 Å². The van der Waals surface area contributed by atoms with Gasteiger partial charge in [-0.3, -0.25) is 9.59 Å². The number of ether oxygens (including phenoxy) is 1. The number of benzene rings is 2. The molecule has 2 aromatic carbocycles. The first-order valence-electron chi connectivity index (χ1n) is 8.57. The molecular weight excluding hydrogens is 328 g/mol. The van der Waals surface area contributed by atoms with Gasteiger partial charge >= 0.3 is 0 Å². The summed E-state index contributed by atoms with van der Waals surface area (Å²) in [6, 6.07) is 11.7. The summed E-state index contributed by atoms with van der Waals surface area (Å²) in [7, 11) is 1.59. The van der Waals surface area contributed by atoms with Gasteiger partial charge in [0.25, 0.3) is 5.91 Å². The maximum absolute atomic E-state index is 12.2. The van der Waals surface area contributed by atoms with E-state index in [1.807, 2.05) is 64.1 Å². The van der Waals surface area contributed by atoms with E-state index in [9.17, 15) is 9.59 Å². The Kier molecular flexibility index (Phi) is 6.39. The van der Waals surface area contributed by atoms with Gasteiger partial charge in [0.2, 0.25) is 5.91 Å². The molecule has 0 aliphatic rings. The molecular formula is C21H26N2O3. The third-order valence-corrected chi connectivity index (χ3v) is 4.03. The Balaban J connectivity index is 1.87. The van der Waals surface area contributed by atoms with Crippen LogP contribution < -0.4 is 10.1 Å². The van der Waals surface area contributed by atoms with Gasteiger partial charge in [-0.05, 0) is 68.1 Å². The summed E-state index contributed by atoms with van der Waals surface area (Å²) in [5, 5.41) is 2.85. The molecule has 2 aromatic rings. The highest BCUT2D eigenvalue weighted by molar-refractivity contribution is 5.95. The van der Waals surface area contributed by atoms with Gasteiger partial charge in [-0.1, -0.05) is 18.2 Å². The average molecular weight is 354 g/mol. The third kappa shape index (κ3) is 5.62. The molecule has 0 radical (unpaired) electrons. The predicted octanol–water partition coefficient (Wildman–Crippen LogP) is 3.40.